The molecule has 80 valence electrons. The van der Waals surface area contributed by atoms with Crippen molar-refractivity contribution in [3.8, 4) is 5.75 Å². The molecule has 4 heteroatoms. The first kappa shape index (κ1) is 9.98. The Morgan fingerprint density at radius 2 is 1.87 bits per heavy atom. The number of carboxylic acids is 1. The van der Waals surface area contributed by atoms with Crippen LogP contribution in [-0.2, 0) is 10.3 Å². The molecule has 4 N–H and O–H groups in total. The van der Waals surface area contributed by atoms with E-state index in [4.69, 9.17) is 15.9 Å². The molecular weight excluding hydrogens is 194 g/mol. The van der Waals surface area contributed by atoms with Crippen molar-refractivity contribution >= 4 is 5.97 Å². The van der Waals surface area contributed by atoms with Gasteiger partial charge in [-0.05, 0) is 30.5 Å². The van der Waals surface area contributed by atoms with Crippen molar-refractivity contribution in [1.82, 2.24) is 0 Å². The van der Waals surface area contributed by atoms with Crippen molar-refractivity contribution in [2.75, 3.05) is 0 Å². The lowest BCUT2D eigenvalue weighted by atomic mass is 9.65. The van der Waals surface area contributed by atoms with Crippen LogP contribution in [0.3, 0.4) is 0 Å². The largest absolute Gasteiger partial charge is 0.508 e. The summed E-state index contributed by atoms with van der Waals surface area (Å²) in [5.74, 6) is -0.921. The number of hydrogen-bond donors (Lipinski definition) is 3. The third-order valence-electron chi connectivity index (χ3n) is 3.01. The molecule has 0 atom stereocenters. The zero-order chi connectivity index (χ0) is 11.1. The summed E-state index contributed by atoms with van der Waals surface area (Å²) in [5, 5.41) is 17.9. The zero-order valence-corrected chi connectivity index (χ0v) is 8.18. The smallest absolute Gasteiger partial charge is 0.306 e. The number of aliphatic carboxylic acids is 1. The van der Waals surface area contributed by atoms with Gasteiger partial charge in [-0.3, -0.25) is 4.79 Å². The first-order chi connectivity index (χ1) is 7.01. The molecule has 2 rings (SSSR count). The second-order valence-electron chi connectivity index (χ2n) is 4.15. The fourth-order valence-corrected chi connectivity index (χ4v) is 2.02. The van der Waals surface area contributed by atoms with Crippen LogP contribution in [0.5, 0.6) is 5.75 Å². The predicted molar refractivity (Wildman–Crippen MR) is 54.3 cm³/mol. The molecule has 1 fully saturated rings. The quantitative estimate of drug-likeness (QED) is 0.676. The van der Waals surface area contributed by atoms with Gasteiger partial charge < -0.3 is 15.9 Å². The van der Waals surface area contributed by atoms with Crippen molar-refractivity contribution in [1.29, 1.82) is 0 Å². The highest BCUT2D eigenvalue weighted by Crippen LogP contribution is 2.43. The topological polar surface area (TPSA) is 83.5 Å². The molecule has 15 heavy (non-hydrogen) atoms. The maximum atomic E-state index is 10.7. The fourth-order valence-electron chi connectivity index (χ4n) is 2.02. The van der Waals surface area contributed by atoms with Crippen molar-refractivity contribution in [2.45, 2.75) is 18.4 Å². The van der Waals surface area contributed by atoms with Gasteiger partial charge in [0, 0.05) is 5.54 Å². The van der Waals surface area contributed by atoms with E-state index in [1.807, 2.05) is 0 Å². The van der Waals surface area contributed by atoms with Gasteiger partial charge in [-0.25, -0.2) is 0 Å². The Balaban J connectivity index is 2.13. The number of carboxylic acid groups (broad SMARTS) is 1. The van der Waals surface area contributed by atoms with Crippen molar-refractivity contribution in [3.63, 3.8) is 0 Å². The minimum absolute atomic E-state index is 0.191. The summed E-state index contributed by atoms with van der Waals surface area (Å²) in [5.41, 5.74) is 6.41. The molecule has 1 aliphatic carbocycles. The number of benzene rings is 1. The van der Waals surface area contributed by atoms with E-state index in [-0.39, 0.29) is 11.7 Å². The van der Waals surface area contributed by atoms with Crippen molar-refractivity contribution < 1.29 is 15.0 Å². The van der Waals surface area contributed by atoms with E-state index >= 15 is 0 Å². The average Bonchev–Trinajstić information content (AvgIpc) is 2.13. The standard InChI is InChI=1S/C11H13NO3/c12-11(5-7(6-11)10(14)15)8-1-3-9(13)4-2-8/h1-4,7,13H,5-6,12H2,(H,14,15). The lowest BCUT2D eigenvalue weighted by Gasteiger charge is -2.43. The van der Waals surface area contributed by atoms with E-state index in [1.165, 1.54) is 0 Å². The summed E-state index contributed by atoms with van der Waals surface area (Å²) < 4.78 is 0. The molecule has 0 aliphatic heterocycles. The lowest BCUT2D eigenvalue weighted by molar-refractivity contribution is -0.147. The van der Waals surface area contributed by atoms with E-state index < -0.39 is 11.5 Å². The lowest BCUT2D eigenvalue weighted by Crippen LogP contribution is -2.51. The number of aromatic hydroxyl groups is 1. The van der Waals surface area contributed by atoms with Crippen LogP contribution in [0.2, 0.25) is 0 Å². The second kappa shape index (κ2) is 3.24. The molecule has 0 heterocycles. The van der Waals surface area contributed by atoms with Crippen LogP contribution in [0.1, 0.15) is 18.4 Å². The molecule has 0 saturated heterocycles. The van der Waals surface area contributed by atoms with Crippen LogP contribution in [0.25, 0.3) is 0 Å². The van der Waals surface area contributed by atoms with Crippen LogP contribution in [-0.4, -0.2) is 16.2 Å². The summed E-state index contributed by atoms with van der Waals surface area (Å²) in [6.45, 7) is 0. The van der Waals surface area contributed by atoms with Crippen LogP contribution in [0.15, 0.2) is 24.3 Å². The molecular formula is C11H13NO3. The maximum Gasteiger partial charge on any atom is 0.306 e. The highest BCUT2D eigenvalue weighted by Gasteiger charge is 2.45. The van der Waals surface area contributed by atoms with Gasteiger partial charge in [-0.15, -0.1) is 0 Å². The van der Waals surface area contributed by atoms with Gasteiger partial charge in [0.1, 0.15) is 5.75 Å². The van der Waals surface area contributed by atoms with Gasteiger partial charge in [-0.2, -0.15) is 0 Å². The van der Waals surface area contributed by atoms with Crippen LogP contribution >= 0.6 is 0 Å². The summed E-state index contributed by atoms with van der Waals surface area (Å²) >= 11 is 0. The third-order valence-corrected chi connectivity index (χ3v) is 3.01. The van der Waals surface area contributed by atoms with Gasteiger partial charge in [0.05, 0.1) is 5.92 Å². The van der Waals surface area contributed by atoms with Crippen molar-refractivity contribution in [2.24, 2.45) is 11.7 Å². The van der Waals surface area contributed by atoms with E-state index in [1.54, 1.807) is 24.3 Å². The average molecular weight is 207 g/mol. The molecule has 0 amide bonds. The Hall–Kier alpha value is -1.55. The number of phenols is 1. The van der Waals surface area contributed by atoms with Crippen LogP contribution in [0, 0.1) is 5.92 Å². The number of nitrogens with two attached hydrogens (primary N) is 1. The van der Waals surface area contributed by atoms with Gasteiger partial charge in [0.25, 0.3) is 0 Å². The van der Waals surface area contributed by atoms with Crippen LogP contribution in [0.4, 0.5) is 0 Å². The SMILES string of the molecule is NC1(c2ccc(O)cc2)CC(C(=O)O)C1. The Bertz CT molecular complexity index is 379. The van der Waals surface area contributed by atoms with Gasteiger partial charge in [-0.1, -0.05) is 12.1 Å². The van der Waals surface area contributed by atoms with E-state index in [0.29, 0.717) is 12.8 Å². The minimum Gasteiger partial charge on any atom is -0.508 e. The second-order valence-corrected chi connectivity index (χ2v) is 4.15. The Morgan fingerprint density at radius 3 is 2.33 bits per heavy atom. The first-order valence-electron chi connectivity index (χ1n) is 4.82. The summed E-state index contributed by atoms with van der Waals surface area (Å²) in [4.78, 5) is 10.7. The summed E-state index contributed by atoms with van der Waals surface area (Å²) in [6.07, 6.45) is 0.931. The third kappa shape index (κ3) is 1.68. The fraction of sp³-hybridized carbons (Fsp3) is 0.364. The highest BCUT2D eigenvalue weighted by atomic mass is 16.4. The normalized spacial score (nSPS) is 29.5. The summed E-state index contributed by atoms with van der Waals surface area (Å²) in [7, 11) is 0. The van der Waals surface area contributed by atoms with E-state index in [0.717, 1.165) is 5.56 Å². The van der Waals surface area contributed by atoms with Gasteiger partial charge >= 0.3 is 5.97 Å². The molecule has 0 bridgehead atoms. The zero-order valence-electron chi connectivity index (χ0n) is 8.18. The molecule has 1 aromatic rings. The van der Waals surface area contributed by atoms with E-state index in [2.05, 4.69) is 0 Å². The van der Waals surface area contributed by atoms with Crippen LogP contribution < -0.4 is 5.73 Å². The summed E-state index contributed by atoms with van der Waals surface area (Å²) in [6, 6.07) is 6.62. The van der Waals surface area contributed by atoms with Gasteiger partial charge in [0.2, 0.25) is 0 Å². The Kier molecular flexibility index (Phi) is 2.16. The molecule has 0 unspecified atom stereocenters. The number of rotatable bonds is 2. The molecule has 0 spiro atoms. The number of phenolic OH excluding ortho intramolecular Hbond substituents is 1. The molecule has 0 aromatic heterocycles. The highest BCUT2D eigenvalue weighted by molar-refractivity contribution is 5.72. The van der Waals surface area contributed by atoms with Gasteiger partial charge in [0.15, 0.2) is 0 Å². The maximum absolute atomic E-state index is 10.7. The first-order valence-corrected chi connectivity index (χ1v) is 4.82. The Morgan fingerprint density at radius 1 is 1.33 bits per heavy atom. The molecule has 0 radical (unpaired) electrons. The number of hydrogen-bond acceptors (Lipinski definition) is 3. The number of carbonyl (C=O) groups is 1. The Labute approximate surface area is 87.3 Å². The monoisotopic (exact) mass is 207 g/mol. The molecule has 1 saturated carbocycles. The molecule has 1 aromatic carbocycles. The molecule has 1 aliphatic rings. The predicted octanol–water partition coefficient (Wildman–Crippen LogP) is 1.04. The van der Waals surface area contributed by atoms with E-state index in [9.17, 15) is 4.79 Å². The van der Waals surface area contributed by atoms with Crippen molar-refractivity contribution in [3.05, 3.63) is 29.8 Å². The minimum atomic E-state index is -0.783. The molecule has 4 nitrogen and oxygen atoms in total.